The molecule has 0 unspecified atom stereocenters. The van der Waals surface area contributed by atoms with Crippen molar-refractivity contribution in [3.63, 3.8) is 0 Å². The maximum Gasteiger partial charge on any atom is 0.283 e. The van der Waals surface area contributed by atoms with Gasteiger partial charge in [-0.15, -0.1) is 0 Å². The number of hydrogen-bond donors (Lipinski definition) is 2. The summed E-state index contributed by atoms with van der Waals surface area (Å²) in [5, 5.41) is 6.00. The van der Waals surface area contributed by atoms with E-state index in [4.69, 9.17) is 23.2 Å². The van der Waals surface area contributed by atoms with Crippen LogP contribution in [0.1, 0.15) is 35.7 Å². The summed E-state index contributed by atoms with van der Waals surface area (Å²) >= 11 is 12.2. The molecule has 0 radical (unpaired) electrons. The zero-order valence-corrected chi connectivity index (χ0v) is 19.9. The quantitative estimate of drug-likeness (QED) is 0.403. The fourth-order valence-electron chi connectivity index (χ4n) is 3.47. The van der Waals surface area contributed by atoms with Gasteiger partial charge in [0.2, 0.25) is 0 Å². The van der Waals surface area contributed by atoms with Gasteiger partial charge in [0.1, 0.15) is 10.7 Å². The molecule has 6 nitrogen and oxygen atoms in total. The third-order valence-corrected chi connectivity index (χ3v) is 5.93. The van der Waals surface area contributed by atoms with E-state index in [0.717, 1.165) is 10.5 Å². The topological polar surface area (TPSA) is 78.5 Å². The van der Waals surface area contributed by atoms with Gasteiger partial charge in [-0.3, -0.25) is 14.4 Å². The predicted molar refractivity (Wildman–Crippen MR) is 135 cm³/mol. The molecular formula is C26H21Cl2N3O3. The molecule has 34 heavy (non-hydrogen) atoms. The maximum absolute atomic E-state index is 13.0. The number of carbonyl (C=O) groups excluding carboxylic acids is 3. The minimum Gasteiger partial charge on any atom is -0.350 e. The Labute approximate surface area is 207 Å². The lowest BCUT2D eigenvalue weighted by atomic mass is 10.0. The largest absolute Gasteiger partial charge is 0.350 e. The molecule has 3 aromatic carbocycles. The van der Waals surface area contributed by atoms with E-state index in [2.05, 4.69) is 24.5 Å². The van der Waals surface area contributed by atoms with E-state index in [1.165, 1.54) is 0 Å². The van der Waals surface area contributed by atoms with Crippen molar-refractivity contribution in [3.05, 3.63) is 99.7 Å². The standard InChI is InChI=1S/C26H21Cl2N3O3/c1-15(2)16-8-12-21(13-9-16)31-25(33)22(28)23(26(31)34)29-19-10-6-17(7-11-19)24(32)30-20-5-3-4-18(27)14-20/h3-15,29H,1-2H3,(H,30,32). The van der Waals surface area contributed by atoms with Crippen molar-refractivity contribution < 1.29 is 14.4 Å². The van der Waals surface area contributed by atoms with Gasteiger partial charge in [0.25, 0.3) is 17.7 Å². The molecule has 0 aromatic heterocycles. The molecule has 0 saturated heterocycles. The molecule has 3 amide bonds. The number of anilines is 3. The van der Waals surface area contributed by atoms with Gasteiger partial charge in [-0.25, -0.2) is 4.90 Å². The number of benzene rings is 3. The molecule has 8 heteroatoms. The molecule has 3 aromatic rings. The molecule has 1 heterocycles. The van der Waals surface area contributed by atoms with Gasteiger partial charge in [0, 0.05) is 22.0 Å². The van der Waals surface area contributed by atoms with E-state index >= 15 is 0 Å². The first-order chi connectivity index (χ1) is 16.2. The van der Waals surface area contributed by atoms with Crippen molar-refractivity contribution in [2.24, 2.45) is 0 Å². The van der Waals surface area contributed by atoms with E-state index in [0.29, 0.717) is 33.6 Å². The van der Waals surface area contributed by atoms with E-state index in [1.807, 2.05) is 12.1 Å². The number of nitrogens with zero attached hydrogens (tertiary/aromatic N) is 1. The van der Waals surface area contributed by atoms with E-state index in [9.17, 15) is 14.4 Å². The van der Waals surface area contributed by atoms with E-state index in [1.54, 1.807) is 60.7 Å². The lowest BCUT2D eigenvalue weighted by Crippen LogP contribution is -2.32. The zero-order valence-electron chi connectivity index (χ0n) is 18.4. The number of hydrogen-bond acceptors (Lipinski definition) is 4. The normalized spacial score (nSPS) is 13.6. The summed E-state index contributed by atoms with van der Waals surface area (Å²) in [6.45, 7) is 4.13. The van der Waals surface area contributed by atoms with Gasteiger partial charge in [-0.2, -0.15) is 0 Å². The van der Waals surface area contributed by atoms with Crippen molar-refractivity contribution in [1.29, 1.82) is 0 Å². The summed E-state index contributed by atoms with van der Waals surface area (Å²) in [4.78, 5) is 39.2. The Morgan fingerprint density at radius 3 is 2.15 bits per heavy atom. The molecular weight excluding hydrogens is 473 g/mol. The average molecular weight is 494 g/mol. The summed E-state index contributed by atoms with van der Waals surface area (Å²) in [6, 6.07) is 20.5. The first kappa shape index (κ1) is 23.5. The smallest absolute Gasteiger partial charge is 0.283 e. The lowest BCUT2D eigenvalue weighted by Gasteiger charge is -2.16. The number of halogens is 2. The number of rotatable bonds is 6. The Morgan fingerprint density at radius 1 is 0.853 bits per heavy atom. The molecule has 1 aliphatic rings. The van der Waals surface area contributed by atoms with Crippen LogP contribution in [-0.4, -0.2) is 17.7 Å². The van der Waals surface area contributed by atoms with Crippen LogP contribution < -0.4 is 15.5 Å². The second-order valence-electron chi connectivity index (χ2n) is 8.05. The fraction of sp³-hybridized carbons (Fsp3) is 0.115. The van der Waals surface area contributed by atoms with Crippen LogP contribution in [0.2, 0.25) is 5.02 Å². The maximum atomic E-state index is 13.0. The van der Waals surface area contributed by atoms with Crippen molar-refractivity contribution in [2.45, 2.75) is 19.8 Å². The second-order valence-corrected chi connectivity index (χ2v) is 8.86. The van der Waals surface area contributed by atoms with Crippen LogP contribution in [0.15, 0.2) is 83.5 Å². The Morgan fingerprint density at radius 2 is 1.53 bits per heavy atom. The first-order valence-corrected chi connectivity index (χ1v) is 11.3. The van der Waals surface area contributed by atoms with Crippen LogP contribution in [0, 0.1) is 0 Å². The molecule has 2 N–H and O–H groups in total. The molecule has 1 aliphatic heterocycles. The number of amides is 3. The fourth-order valence-corrected chi connectivity index (χ4v) is 3.88. The highest BCUT2D eigenvalue weighted by molar-refractivity contribution is 6.53. The lowest BCUT2D eigenvalue weighted by molar-refractivity contribution is -0.120. The SMILES string of the molecule is CC(C)c1ccc(N2C(=O)C(Cl)=C(Nc3ccc(C(=O)Nc4cccc(Cl)c4)cc3)C2=O)cc1. The van der Waals surface area contributed by atoms with Crippen LogP contribution in [0.25, 0.3) is 0 Å². The van der Waals surface area contributed by atoms with Crippen LogP contribution in [0.5, 0.6) is 0 Å². The molecule has 0 saturated carbocycles. The van der Waals surface area contributed by atoms with Crippen molar-refractivity contribution >= 4 is 58.0 Å². The van der Waals surface area contributed by atoms with Gasteiger partial charge in [0.15, 0.2) is 0 Å². The van der Waals surface area contributed by atoms with E-state index < -0.39 is 11.8 Å². The summed E-state index contributed by atoms with van der Waals surface area (Å²) in [7, 11) is 0. The number of carbonyl (C=O) groups is 3. The first-order valence-electron chi connectivity index (χ1n) is 10.6. The molecule has 0 bridgehead atoms. The minimum atomic E-state index is -0.594. The van der Waals surface area contributed by atoms with Gasteiger partial charge >= 0.3 is 0 Å². The highest BCUT2D eigenvalue weighted by Crippen LogP contribution is 2.31. The Balaban J connectivity index is 1.47. The molecule has 0 fully saturated rings. The van der Waals surface area contributed by atoms with Crippen molar-refractivity contribution in [1.82, 2.24) is 0 Å². The second kappa shape index (κ2) is 9.71. The van der Waals surface area contributed by atoms with Crippen LogP contribution in [0.4, 0.5) is 17.1 Å². The van der Waals surface area contributed by atoms with Gasteiger partial charge in [-0.1, -0.05) is 55.2 Å². The van der Waals surface area contributed by atoms with Crippen molar-refractivity contribution in [3.8, 4) is 0 Å². The Bertz CT molecular complexity index is 1300. The molecule has 0 aliphatic carbocycles. The van der Waals surface area contributed by atoms with Crippen LogP contribution in [-0.2, 0) is 9.59 Å². The average Bonchev–Trinajstić information content (AvgIpc) is 3.02. The van der Waals surface area contributed by atoms with Gasteiger partial charge in [-0.05, 0) is 66.1 Å². The minimum absolute atomic E-state index is 0.0178. The molecule has 172 valence electrons. The molecule has 0 atom stereocenters. The third kappa shape index (κ3) is 4.83. The van der Waals surface area contributed by atoms with Crippen LogP contribution in [0.3, 0.4) is 0 Å². The summed E-state index contributed by atoms with van der Waals surface area (Å²) in [5.41, 5.74) is 3.02. The Kier molecular flexibility index (Phi) is 6.72. The zero-order chi connectivity index (χ0) is 24.4. The summed E-state index contributed by atoms with van der Waals surface area (Å²) in [5.74, 6) is -1.12. The van der Waals surface area contributed by atoms with Crippen molar-refractivity contribution in [2.75, 3.05) is 15.5 Å². The number of nitrogens with one attached hydrogen (secondary N) is 2. The monoisotopic (exact) mass is 493 g/mol. The molecule has 0 spiro atoms. The molecule has 4 rings (SSSR count). The predicted octanol–water partition coefficient (Wildman–Crippen LogP) is 6.15. The van der Waals surface area contributed by atoms with Gasteiger partial charge in [0.05, 0.1) is 5.69 Å². The number of imide groups is 1. The third-order valence-electron chi connectivity index (χ3n) is 5.34. The summed E-state index contributed by atoms with van der Waals surface area (Å²) in [6.07, 6.45) is 0. The van der Waals surface area contributed by atoms with Gasteiger partial charge < -0.3 is 10.6 Å². The van der Waals surface area contributed by atoms with E-state index in [-0.39, 0.29) is 16.6 Å². The highest BCUT2D eigenvalue weighted by Gasteiger charge is 2.38. The Hall–Kier alpha value is -3.61. The summed E-state index contributed by atoms with van der Waals surface area (Å²) < 4.78 is 0. The van der Waals surface area contributed by atoms with Crippen LogP contribution >= 0.6 is 23.2 Å². The highest BCUT2D eigenvalue weighted by atomic mass is 35.5.